The maximum atomic E-state index is 11.2. The number of nitrogens with one attached hydrogen (secondary N) is 1. The molecule has 1 aliphatic rings. The van der Waals surface area contributed by atoms with E-state index in [1.54, 1.807) is 0 Å². The molecular weight excluding hydrogens is 300 g/mol. The van der Waals surface area contributed by atoms with E-state index in [0.717, 1.165) is 47.8 Å². The number of nitrogens with zero attached hydrogens (tertiary/aromatic N) is 1. The van der Waals surface area contributed by atoms with Crippen molar-refractivity contribution in [3.8, 4) is 0 Å². The molecule has 1 aromatic rings. The number of halogens is 1. The first-order valence-corrected chi connectivity index (χ1v) is 8.09. The Morgan fingerprint density at radius 3 is 2.53 bits per heavy atom. The van der Waals surface area contributed by atoms with E-state index in [4.69, 9.17) is 0 Å². The summed E-state index contributed by atoms with van der Waals surface area (Å²) in [6, 6.07) is 8.20. The van der Waals surface area contributed by atoms with Gasteiger partial charge in [0.1, 0.15) is 0 Å². The molecule has 0 saturated carbocycles. The van der Waals surface area contributed by atoms with Crippen LogP contribution in [0, 0.1) is 0 Å². The van der Waals surface area contributed by atoms with E-state index in [0.29, 0.717) is 0 Å². The molecule has 0 spiro atoms. The Hall–Kier alpha value is -0.390. The van der Waals surface area contributed by atoms with Crippen LogP contribution in [0.25, 0.3) is 0 Å². The Labute approximate surface area is 113 Å². The van der Waals surface area contributed by atoms with Gasteiger partial charge in [-0.3, -0.25) is 9.11 Å². The fourth-order valence-electron chi connectivity index (χ4n) is 1.83. The molecule has 1 N–H and O–H groups in total. The highest BCUT2D eigenvalue weighted by Crippen LogP contribution is 2.13. The first kappa shape index (κ1) is 13.1. The smallest absolute Gasteiger partial charge is 0.0363 e. The van der Waals surface area contributed by atoms with Gasteiger partial charge in [-0.2, -0.15) is 0 Å². The monoisotopic (exact) mass is 316 g/mol. The molecular formula is C12H17BrN2OS. The summed E-state index contributed by atoms with van der Waals surface area (Å²) < 4.78 is 12.3. The third-order valence-electron chi connectivity index (χ3n) is 2.87. The van der Waals surface area contributed by atoms with Crippen molar-refractivity contribution < 1.29 is 4.21 Å². The minimum absolute atomic E-state index is 0.572. The fraction of sp³-hybridized carbons (Fsp3) is 0.500. The quantitative estimate of drug-likeness (QED) is 0.921. The molecule has 17 heavy (non-hydrogen) atoms. The average molecular weight is 317 g/mol. The van der Waals surface area contributed by atoms with Gasteiger partial charge in [-0.15, -0.1) is 0 Å². The molecule has 3 nitrogen and oxygen atoms in total. The Balaban J connectivity index is 1.69. The lowest BCUT2D eigenvalue weighted by Gasteiger charge is -2.26. The van der Waals surface area contributed by atoms with Gasteiger partial charge in [0.25, 0.3) is 0 Å². The molecule has 1 saturated heterocycles. The zero-order valence-electron chi connectivity index (χ0n) is 9.69. The minimum atomic E-state index is -0.572. The summed E-state index contributed by atoms with van der Waals surface area (Å²) in [5.74, 6) is 1.66. The van der Waals surface area contributed by atoms with Crippen molar-refractivity contribution in [2.24, 2.45) is 0 Å². The molecule has 0 amide bonds. The molecule has 1 aliphatic heterocycles. The van der Waals surface area contributed by atoms with E-state index in [9.17, 15) is 4.21 Å². The second-order valence-electron chi connectivity index (χ2n) is 4.12. The Bertz CT molecular complexity index is 373. The molecule has 0 atom stereocenters. The first-order valence-electron chi connectivity index (χ1n) is 5.81. The van der Waals surface area contributed by atoms with Crippen molar-refractivity contribution in [1.29, 1.82) is 0 Å². The van der Waals surface area contributed by atoms with Crippen LogP contribution in [0.1, 0.15) is 0 Å². The second kappa shape index (κ2) is 6.52. The van der Waals surface area contributed by atoms with E-state index >= 15 is 0 Å². The molecule has 94 valence electrons. The van der Waals surface area contributed by atoms with E-state index in [1.807, 2.05) is 12.1 Å². The number of hydrogen-bond acceptors (Lipinski definition) is 3. The van der Waals surface area contributed by atoms with Crippen LogP contribution in [0.4, 0.5) is 5.69 Å². The van der Waals surface area contributed by atoms with Crippen molar-refractivity contribution in [3.05, 3.63) is 28.7 Å². The molecule has 0 aromatic heterocycles. The summed E-state index contributed by atoms with van der Waals surface area (Å²) in [6.45, 7) is 3.89. The highest BCUT2D eigenvalue weighted by atomic mass is 79.9. The van der Waals surface area contributed by atoms with Gasteiger partial charge in [-0.05, 0) is 24.3 Å². The molecule has 2 rings (SSSR count). The van der Waals surface area contributed by atoms with Gasteiger partial charge in [0.05, 0.1) is 0 Å². The Morgan fingerprint density at radius 2 is 1.88 bits per heavy atom. The molecule has 0 aliphatic carbocycles. The van der Waals surface area contributed by atoms with Crippen molar-refractivity contribution in [2.45, 2.75) is 0 Å². The third-order valence-corrected chi connectivity index (χ3v) is 4.68. The summed E-state index contributed by atoms with van der Waals surface area (Å²) in [5.41, 5.74) is 1.15. The van der Waals surface area contributed by atoms with Gasteiger partial charge in [0.15, 0.2) is 0 Å². The largest absolute Gasteiger partial charge is 0.384 e. The van der Waals surface area contributed by atoms with Crippen LogP contribution in [-0.4, -0.2) is 46.8 Å². The number of benzene rings is 1. The first-order chi connectivity index (χ1) is 8.24. The van der Waals surface area contributed by atoms with E-state index in [-0.39, 0.29) is 0 Å². The molecule has 1 aromatic carbocycles. The molecule has 1 heterocycles. The van der Waals surface area contributed by atoms with Crippen LogP contribution in [-0.2, 0) is 10.8 Å². The lowest BCUT2D eigenvalue weighted by Crippen LogP contribution is -2.40. The van der Waals surface area contributed by atoms with Gasteiger partial charge >= 0.3 is 0 Å². The number of rotatable bonds is 4. The standard InChI is InChI=1S/C12H17BrN2OS/c13-11-1-3-12(4-2-11)14-5-6-15-7-9-17(16)10-8-15/h1-4,14H,5-10H2. The molecule has 0 unspecified atom stereocenters. The fourth-order valence-corrected chi connectivity index (χ4v) is 3.22. The van der Waals surface area contributed by atoms with E-state index in [1.165, 1.54) is 0 Å². The van der Waals surface area contributed by atoms with Crippen LogP contribution in [0.3, 0.4) is 0 Å². The van der Waals surface area contributed by atoms with Crippen molar-refractivity contribution in [3.63, 3.8) is 0 Å². The summed E-state index contributed by atoms with van der Waals surface area (Å²) in [7, 11) is -0.572. The zero-order chi connectivity index (χ0) is 12.1. The predicted molar refractivity (Wildman–Crippen MR) is 76.9 cm³/mol. The Kier molecular flexibility index (Phi) is 5.00. The minimum Gasteiger partial charge on any atom is -0.384 e. The van der Waals surface area contributed by atoms with Gasteiger partial charge in [-0.25, -0.2) is 0 Å². The second-order valence-corrected chi connectivity index (χ2v) is 6.74. The highest BCUT2D eigenvalue weighted by Gasteiger charge is 2.13. The zero-order valence-corrected chi connectivity index (χ0v) is 12.1. The van der Waals surface area contributed by atoms with E-state index in [2.05, 4.69) is 38.3 Å². The Morgan fingerprint density at radius 1 is 1.24 bits per heavy atom. The van der Waals surface area contributed by atoms with Crippen LogP contribution >= 0.6 is 15.9 Å². The van der Waals surface area contributed by atoms with Crippen LogP contribution in [0.5, 0.6) is 0 Å². The molecule has 0 bridgehead atoms. The van der Waals surface area contributed by atoms with Gasteiger partial charge < -0.3 is 5.32 Å². The lowest BCUT2D eigenvalue weighted by atomic mass is 10.3. The van der Waals surface area contributed by atoms with Crippen molar-refractivity contribution >= 4 is 32.4 Å². The van der Waals surface area contributed by atoms with Gasteiger partial charge in [-0.1, -0.05) is 15.9 Å². The maximum Gasteiger partial charge on any atom is 0.0363 e. The van der Waals surface area contributed by atoms with E-state index < -0.39 is 10.8 Å². The summed E-state index contributed by atoms with van der Waals surface area (Å²) in [5, 5.41) is 3.39. The maximum absolute atomic E-state index is 11.2. The summed E-state index contributed by atoms with van der Waals surface area (Å²) in [4.78, 5) is 2.37. The molecule has 5 heteroatoms. The SMILES string of the molecule is O=S1CCN(CCNc2ccc(Br)cc2)CC1. The molecule has 1 fully saturated rings. The number of anilines is 1. The predicted octanol–water partition coefficient (Wildman–Crippen LogP) is 1.93. The van der Waals surface area contributed by atoms with Gasteiger partial charge in [0, 0.05) is 58.6 Å². The topological polar surface area (TPSA) is 32.3 Å². The highest BCUT2D eigenvalue weighted by molar-refractivity contribution is 9.10. The van der Waals surface area contributed by atoms with Gasteiger partial charge in [0.2, 0.25) is 0 Å². The number of hydrogen-bond donors (Lipinski definition) is 1. The van der Waals surface area contributed by atoms with Crippen molar-refractivity contribution in [2.75, 3.05) is 43.0 Å². The summed E-state index contributed by atoms with van der Waals surface area (Å²) in [6.07, 6.45) is 0. The van der Waals surface area contributed by atoms with Crippen LogP contribution < -0.4 is 5.32 Å². The average Bonchev–Trinajstić information content (AvgIpc) is 2.34. The van der Waals surface area contributed by atoms with Crippen LogP contribution in [0.15, 0.2) is 28.7 Å². The summed E-state index contributed by atoms with van der Waals surface area (Å²) >= 11 is 3.42. The lowest BCUT2D eigenvalue weighted by molar-refractivity contribution is 0.311. The van der Waals surface area contributed by atoms with Crippen LogP contribution in [0.2, 0.25) is 0 Å². The molecule has 0 radical (unpaired) electrons. The third kappa shape index (κ3) is 4.41. The normalized spacial score (nSPS) is 18.2. The van der Waals surface area contributed by atoms with Crippen molar-refractivity contribution in [1.82, 2.24) is 4.90 Å².